The maximum absolute atomic E-state index is 12.2. The van der Waals surface area contributed by atoms with E-state index in [2.05, 4.69) is 10.6 Å². The third-order valence-electron chi connectivity index (χ3n) is 2.74. The normalized spacial score (nSPS) is 13.7. The molecule has 1 aromatic carbocycles. The van der Waals surface area contributed by atoms with E-state index in [1.54, 1.807) is 31.2 Å². The molecule has 0 saturated carbocycles. The molecule has 0 aliphatic carbocycles. The van der Waals surface area contributed by atoms with E-state index in [-0.39, 0.29) is 11.4 Å². The number of benzene rings is 1. The summed E-state index contributed by atoms with van der Waals surface area (Å²) in [7, 11) is 0. The first-order valence-electron chi connectivity index (χ1n) is 7.31. The Morgan fingerprint density at radius 2 is 1.83 bits per heavy atom. The van der Waals surface area contributed by atoms with Crippen LogP contribution in [0.1, 0.15) is 19.4 Å². The first kappa shape index (κ1) is 18.9. The number of hydrogen-bond acceptors (Lipinski definition) is 4. The molecule has 0 spiro atoms. The predicted octanol–water partition coefficient (Wildman–Crippen LogP) is 2.48. The van der Waals surface area contributed by atoms with Gasteiger partial charge in [0.1, 0.15) is 0 Å². The number of carboxylic acid groups (broad SMARTS) is 1. The van der Waals surface area contributed by atoms with Gasteiger partial charge in [-0.25, -0.2) is 4.79 Å². The number of nitrogens with one attached hydrogen (secondary N) is 2. The minimum Gasteiger partial charge on any atom is -0.478 e. The highest BCUT2D eigenvalue weighted by atomic mass is 35.5. The van der Waals surface area contributed by atoms with Gasteiger partial charge in [-0.15, -0.1) is 0 Å². The van der Waals surface area contributed by atoms with Gasteiger partial charge in [0.2, 0.25) is 0 Å². The van der Waals surface area contributed by atoms with E-state index in [9.17, 15) is 9.59 Å². The van der Waals surface area contributed by atoms with Crippen LogP contribution in [-0.4, -0.2) is 36.5 Å². The minimum atomic E-state index is -1.17. The minimum absolute atomic E-state index is 0.117. The smallest absolute Gasteiger partial charge is 0.329 e. The molecule has 1 aliphatic heterocycles. The molecule has 6 heteroatoms. The second-order valence-corrected chi connectivity index (χ2v) is 5.31. The van der Waals surface area contributed by atoms with E-state index >= 15 is 0 Å². The Hall–Kier alpha value is -2.11. The van der Waals surface area contributed by atoms with Crippen LogP contribution in [-0.2, 0) is 9.59 Å². The summed E-state index contributed by atoms with van der Waals surface area (Å²) in [4.78, 5) is 23.0. The van der Waals surface area contributed by atoms with Crippen LogP contribution in [0, 0.1) is 0 Å². The number of hydrogen-bond donors (Lipinski definition) is 3. The fraction of sp³-hybridized carbons (Fsp3) is 0.294. The SMILES string of the molecule is C1CN1.CCNC(C)=CC(=O)C(=CC(=O)O)c1ccc(Cl)cc1. The highest BCUT2D eigenvalue weighted by molar-refractivity contribution is 6.31. The van der Waals surface area contributed by atoms with Crippen molar-refractivity contribution < 1.29 is 14.7 Å². The molecular formula is C17H21ClN2O3. The molecule has 1 aromatic rings. The molecule has 0 amide bonds. The van der Waals surface area contributed by atoms with E-state index in [1.165, 1.54) is 19.2 Å². The van der Waals surface area contributed by atoms with Gasteiger partial charge in [-0.2, -0.15) is 0 Å². The second-order valence-electron chi connectivity index (χ2n) is 4.88. The number of carbonyl (C=O) groups is 2. The molecule has 3 N–H and O–H groups in total. The van der Waals surface area contributed by atoms with Crippen LogP contribution in [0.4, 0.5) is 0 Å². The average molecular weight is 337 g/mol. The zero-order valence-electron chi connectivity index (χ0n) is 13.2. The standard InChI is InChI=1S/C15H16ClNO3.C2H5N/c1-3-17-10(2)8-14(18)13(9-15(19)20)11-4-6-12(16)7-5-11;1-2-3-1/h4-9,17H,3H2,1-2H3,(H,19,20);3H,1-2H2. The molecule has 0 radical (unpaired) electrons. The van der Waals surface area contributed by atoms with E-state index in [0.717, 1.165) is 6.08 Å². The molecule has 0 aromatic heterocycles. The lowest BCUT2D eigenvalue weighted by molar-refractivity contribution is -0.131. The summed E-state index contributed by atoms with van der Waals surface area (Å²) in [6.45, 7) is 6.85. The van der Waals surface area contributed by atoms with Crippen LogP contribution in [0.15, 0.2) is 42.1 Å². The summed E-state index contributed by atoms with van der Waals surface area (Å²) in [5.74, 6) is -1.54. The molecule has 0 atom stereocenters. The van der Waals surface area contributed by atoms with Gasteiger partial charge in [-0.3, -0.25) is 4.79 Å². The summed E-state index contributed by atoms with van der Waals surface area (Å²) in [6, 6.07) is 6.46. The summed E-state index contributed by atoms with van der Waals surface area (Å²) < 4.78 is 0. The van der Waals surface area contributed by atoms with Crippen molar-refractivity contribution in [3.8, 4) is 0 Å². The number of aliphatic carboxylic acids is 1. The number of halogens is 1. The molecule has 124 valence electrons. The third kappa shape index (κ3) is 8.18. The van der Waals surface area contributed by atoms with Gasteiger partial charge in [-0.05, 0) is 31.5 Å². The first-order chi connectivity index (χ1) is 10.9. The van der Waals surface area contributed by atoms with E-state index in [0.29, 0.717) is 22.8 Å². The van der Waals surface area contributed by atoms with Crippen molar-refractivity contribution >= 4 is 28.9 Å². The molecule has 1 saturated heterocycles. The highest BCUT2D eigenvalue weighted by Crippen LogP contribution is 2.19. The molecule has 1 heterocycles. The van der Waals surface area contributed by atoms with Crippen LogP contribution in [0.3, 0.4) is 0 Å². The Bertz CT molecular complexity index is 602. The van der Waals surface area contributed by atoms with Gasteiger partial charge in [0.15, 0.2) is 5.78 Å². The zero-order valence-corrected chi connectivity index (χ0v) is 14.0. The largest absolute Gasteiger partial charge is 0.478 e. The van der Waals surface area contributed by atoms with Crippen molar-refractivity contribution in [2.45, 2.75) is 13.8 Å². The zero-order chi connectivity index (χ0) is 17.2. The lowest BCUT2D eigenvalue weighted by Crippen LogP contribution is -2.12. The van der Waals surface area contributed by atoms with Gasteiger partial charge >= 0.3 is 5.97 Å². The van der Waals surface area contributed by atoms with E-state index in [1.807, 2.05) is 6.92 Å². The van der Waals surface area contributed by atoms with Crippen molar-refractivity contribution in [2.75, 3.05) is 19.6 Å². The van der Waals surface area contributed by atoms with Gasteiger partial charge in [-0.1, -0.05) is 23.7 Å². The highest BCUT2D eigenvalue weighted by Gasteiger charge is 2.12. The van der Waals surface area contributed by atoms with Gasteiger partial charge in [0, 0.05) is 48.1 Å². The van der Waals surface area contributed by atoms with Crippen LogP contribution < -0.4 is 10.6 Å². The summed E-state index contributed by atoms with van der Waals surface area (Å²) in [5.41, 5.74) is 1.32. The number of carboxylic acids is 1. The van der Waals surface area contributed by atoms with Crippen LogP contribution in [0.5, 0.6) is 0 Å². The monoisotopic (exact) mass is 336 g/mol. The maximum atomic E-state index is 12.2. The Morgan fingerprint density at radius 1 is 1.26 bits per heavy atom. The van der Waals surface area contributed by atoms with Gasteiger partial charge in [0.05, 0.1) is 0 Å². The summed E-state index contributed by atoms with van der Waals surface area (Å²) in [6.07, 6.45) is 2.29. The quantitative estimate of drug-likeness (QED) is 0.548. The van der Waals surface area contributed by atoms with Crippen molar-refractivity contribution in [3.63, 3.8) is 0 Å². The maximum Gasteiger partial charge on any atom is 0.329 e. The van der Waals surface area contributed by atoms with Crippen LogP contribution >= 0.6 is 11.6 Å². The van der Waals surface area contributed by atoms with Gasteiger partial charge in [0.25, 0.3) is 0 Å². The third-order valence-corrected chi connectivity index (χ3v) is 2.99. The Morgan fingerprint density at radius 3 is 2.26 bits per heavy atom. The lowest BCUT2D eigenvalue weighted by Gasteiger charge is -2.06. The van der Waals surface area contributed by atoms with E-state index in [4.69, 9.17) is 16.7 Å². The topological polar surface area (TPSA) is 88.3 Å². The molecule has 5 nitrogen and oxygen atoms in total. The molecule has 0 bridgehead atoms. The number of carbonyl (C=O) groups excluding carboxylic acids is 1. The molecule has 2 rings (SSSR count). The van der Waals surface area contributed by atoms with Crippen molar-refractivity contribution in [2.24, 2.45) is 0 Å². The van der Waals surface area contributed by atoms with Crippen LogP contribution in [0.2, 0.25) is 5.02 Å². The molecule has 1 fully saturated rings. The molecule has 0 unspecified atom stereocenters. The first-order valence-corrected chi connectivity index (χ1v) is 7.69. The van der Waals surface area contributed by atoms with Crippen LogP contribution in [0.25, 0.3) is 5.57 Å². The Kier molecular flexibility index (Phi) is 8.08. The number of allylic oxidation sites excluding steroid dienone is 3. The van der Waals surface area contributed by atoms with Crippen molar-refractivity contribution in [1.29, 1.82) is 0 Å². The van der Waals surface area contributed by atoms with Crippen molar-refractivity contribution in [3.05, 3.63) is 52.7 Å². The van der Waals surface area contributed by atoms with E-state index < -0.39 is 5.97 Å². The van der Waals surface area contributed by atoms with Crippen molar-refractivity contribution in [1.82, 2.24) is 10.6 Å². The fourth-order valence-corrected chi connectivity index (χ4v) is 1.78. The van der Waals surface area contributed by atoms with Gasteiger partial charge < -0.3 is 15.7 Å². The average Bonchev–Trinajstić information content (AvgIpc) is 3.34. The number of rotatable bonds is 6. The summed E-state index contributed by atoms with van der Waals surface area (Å²) >= 11 is 5.78. The predicted molar refractivity (Wildman–Crippen MR) is 92.4 cm³/mol. The number of ketones is 1. The Balaban J connectivity index is 0.000000784. The molecular weight excluding hydrogens is 316 g/mol. The summed E-state index contributed by atoms with van der Waals surface area (Å²) in [5, 5.41) is 15.4. The molecule has 1 aliphatic rings. The lowest BCUT2D eigenvalue weighted by atomic mass is 10.0. The second kappa shape index (κ2) is 9.82. The fourth-order valence-electron chi connectivity index (χ4n) is 1.65. The molecule has 23 heavy (non-hydrogen) atoms. The Labute approximate surface area is 141 Å².